The summed E-state index contributed by atoms with van der Waals surface area (Å²) in [5.41, 5.74) is 2.97. The van der Waals surface area contributed by atoms with Crippen molar-refractivity contribution in [3.05, 3.63) is 47.5 Å². The number of fused-ring (bicyclic) bond motifs is 1. The van der Waals surface area contributed by atoms with Gasteiger partial charge >= 0.3 is 0 Å². The van der Waals surface area contributed by atoms with Crippen LogP contribution < -0.4 is 0 Å². The van der Waals surface area contributed by atoms with Gasteiger partial charge in [0.15, 0.2) is 0 Å². The van der Waals surface area contributed by atoms with Crippen molar-refractivity contribution in [1.82, 2.24) is 0 Å². The summed E-state index contributed by atoms with van der Waals surface area (Å²) in [6.07, 6.45) is 4.33. The summed E-state index contributed by atoms with van der Waals surface area (Å²) in [4.78, 5) is 0. The van der Waals surface area contributed by atoms with Crippen LogP contribution in [0.15, 0.2) is 36.4 Å². The molecule has 0 unspecified atom stereocenters. The van der Waals surface area contributed by atoms with Crippen LogP contribution in [-0.4, -0.2) is 12.5 Å². The molecule has 2 heteroatoms. The third kappa shape index (κ3) is 2.55. The number of benzene rings is 2. The highest BCUT2D eigenvalue weighted by atomic mass is 32.2. The molecule has 0 fully saturated rings. The van der Waals surface area contributed by atoms with Crippen LogP contribution in [0.25, 0.3) is 10.8 Å². The van der Waals surface area contributed by atoms with E-state index in [2.05, 4.69) is 48.9 Å². The van der Waals surface area contributed by atoms with Gasteiger partial charge in [-0.25, -0.2) is 0 Å². The maximum Gasteiger partial charge on any atom is 0.0185 e. The minimum atomic E-state index is 1.11. The van der Waals surface area contributed by atoms with Crippen molar-refractivity contribution in [3.8, 4) is 0 Å². The molecule has 0 aliphatic rings. The molecule has 0 atom stereocenters. The molecule has 0 aromatic heterocycles. The van der Waals surface area contributed by atoms with Gasteiger partial charge in [0.2, 0.25) is 0 Å². The predicted molar refractivity (Wildman–Crippen MR) is 78.4 cm³/mol. The molecule has 0 nitrogen and oxygen atoms in total. The molecule has 0 heterocycles. The SMILES string of the molecule is CSCc1cc2ccccc2cc1CSC. The Labute approximate surface area is 106 Å². The average molecular weight is 248 g/mol. The molecule has 2 aromatic rings. The normalized spacial score (nSPS) is 10.9. The van der Waals surface area contributed by atoms with E-state index >= 15 is 0 Å². The molecule has 2 aromatic carbocycles. The number of hydrogen-bond donors (Lipinski definition) is 0. The van der Waals surface area contributed by atoms with Gasteiger partial charge in [-0.05, 0) is 34.4 Å². The topological polar surface area (TPSA) is 0 Å². The first-order valence-corrected chi connectivity index (χ1v) is 8.12. The largest absolute Gasteiger partial charge is 0.161 e. The van der Waals surface area contributed by atoms with E-state index in [9.17, 15) is 0 Å². The second-order valence-corrected chi connectivity index (χ2v) is 5.57. The van der Waals surface area contributed by atoms with Gasteiger partial charge in [-0.2, -0.15) is 23.5 Å². The van der Waals surface area contributed by atoms with E-state index in [-0.39, 0.29) is 0 Å². The van der Waals surface area contributed by atoms with E-state index < -0.39 is 0 Å². The van der Waals surface area contributed by atoms with E-state index in [1.54, 1.807) is 0 Å². The lowest BCUT2D eigenvalue weighted by atomic mass is 10.0. The number of rotatable bonds is 4. The predicted octanol–water partition coefficient (Wildman–Crippen LogP) is 4.57. The summed E-state index contributed by atoms with van der Waals surface area (Å²) in [7, 11) is 0. The summed E-state index contributed by atoms with van der Waals surface area (Å²) in [5.74, 6) is 2.22. The molecule has 84 valence electrons. The summed E-state index contributed by atoms with van der Waals surface area (Å²) in [6.45, 7) is 0. The smallest absolute Gasteiger partial charge is 0.0185 e. The van der Waals surface area contributed by atoms with E-state index in [1.165, 1.54) is 21.9 Å². The lowest BCUT2D eigenvalue weighted by Gasteiger charge is -2.09. The first kappa shape index (κ1) is 11.9. The van der Waals surface area contributed by atoms with Gasteiger partial charge in [0.1, 0.15) is 0 Å². The Morgan fingerprint density at radius 1 is 0.812 bits per heavy atom. The van der Waals surface area contributed by atoms with Crippen molar-refractivity contribution in [2.24, 2.45) is 0 Å². The van der Waals surface area contributed by atoms with Crippen LogP contribution >= 0.6 is 23.5 Å². The monoisotopic (exact) mass is 248 g/mol. The van der Waals surface area contributed by atoms with Gasteiger partial charge < -0.3 is 0 Å². The Morgan fingerprint density at radius 3 is 1.62 bits per heavy atom. The van der Waals surface area contributed by atoms with Gasteiger partial charge in [-0.3, -0.25) is 0 Å². The van der Waals surface area contributed by atoms with Crippen molar-refractivity contribution in [2.45, 2.75) is 11.5 Å². The molecule has 0 N–H and O–H groups in total. The average Bonchev–Trinajstić information content (AvgIpc) is 2.30. The van der Waals surface area contributed by atoms with Crippen LogP contribution in [0.4, 0.5) is 0 Å². The zero-order valence-electron chi connectivity index (χ0n) is 9.69. The Hall–Kier alpha value is -0.600. The van der Waals surface area contributed by atoms with Crippen molar-refractivity contribution >= 4 is 34.3 Å². The molecular formula is C14H16S2. The molecule has 0 saturated carbocycles. The summed E-state index contributed by atoms with van der Waals surface area (Å²) >= 11 is 3.79. The standard InChI is InChI=1S/C14H16S2/c1-15-9-13-7-11-5-3-4-6-12(11)8-14(13)10-16-2/h3-8H,9-10H2,1-2H3. The van der Waals surface area contributed by atoms with Crippen LogP contribution in [0.1, 0.15) is 11.1 Å². The first-order chi connectivity index (χ1) is 7.85. The van der Waals surface area contributed by atoms with Crippen LogP contribution in [0, 0.1) is 0 Å². The van der Waals surface area contributed by atoms with E-state index in [0.29, 0.717) is 0 Å². The van der Waals surface area contributed by atoms with Gasteiger partial charge in [0, 0.05) is 11.5 Å². The van der Waals surface area contributed by atoms with Gasteiger partial charge in [0.25, 0.3) is 0 Å². The molecule has 0 radical (unpaired) electrons. The molecule has 0 amide bonds. The maximum absolute atomic E-state index is 2.34. The fourth-order valence-electron chi connectivity index (χ4n) is 1.91. The molecule has 2 rings (SSSR count). The van der Waals surface area contributed by atoms with Crippen molar-refractivity contribution in [3.63, 3.8) is 0 Å². The Balaban J connectivity index is 2.51. The first-order valence-electron chi connectivity index (χ1n) is 5.33. The van der Waals surface area contributed by atoms with Crippen molar-refractivity contribution in [2.75, 3.05) is 12.5 Å². The fraction of sp³-hybridized carbons (Fsp3) is 0.286. The highest BCUT2D eigenvalue weighted by Crippen LogP contribution is 2.25. The van der Waals surface area contributed by atoms with Crippen molar-refractivity contribution in [1.29, 1.82) is 0 Å². The number of thioether (sulfide) groups is 2. The molecule has 0 saturated heterocycles. The molecule has 16 heavy (non-hydrogen) atoms. The molecule has 0 bridgehead atoms. The minimum absolute atomic E-state index is 1.11. The van der Waals surface area contributed by atoms with Gasteiger partial charge in [0.05, 0.1) is 0 Å². The van der Waals surface area contributed by atoms with Crippen LogP contribution in [0.5, 0.6) is 0 Å². The maximum atomic E-state index is 2.34. The second-order valence-electron chi connectivity index (χ2n) is 3.83. The lowest BCUT2D eigenvalue weighted by molar-refractivity contribution is 1.30. The van der Waals surface area contributed by atoms with Crippen LogP contribution in [0.2, 0.25) is 0 Å². The number of hydrogen-bond acceptors (Lipinski definition) is 2. The van der Waals surface area contributed by atoms with E-state index in [1.807, 2.05) is 23.5 Å². The molecule has 0 aliphatic carbocycles. The van der Waals surface area contributed by atoms with Crippen molar-refractivity contribution < 1.29 is 0 Å². The third-order valence-electron chi connectivity index (χ3n) is 2.67. The van der Waals surface area contributed by atoms with Crippen LogP contribution in [0.3, 0.4) is 0 Å². The van der Waals surface area contributed by atoms with Gasteiger partial charge in [-0.1, -0.05) is 36.4 Å². The summed E-state index contributed by atoms with van der Waals surface area (Å²) in [5, 5.41) is 2.72. The van der Waals surface area contributed by atoms with Crippen LogP contribution in [-0.2, 0) is 11.5 Å². The fourth-order valence-corrected chi connectivity index (χ4v) is 3.07. The zero-order valence-corrected chi connectivity index (χ0v) is 11.3. The lowest BCUT2D eigenvalue weighted by Crippen LogP contribution is -1.91. The zero-order chi connectivity index (χ0) is 11.4. The Morgan fingerprint density at radius 2 is 1.25 bits per heavy atom. The molecular weight excluding hydrogens is 232 g/mol. The Bertz CT molecular complexity index is 433. The quantitative estimate of drug-likeness (QED) is 0.777. The molecule has 0 spiro atoms. The minimum Gasteiger partial charge on any atom is -0.161 e. The Kier molecular flexibility index (Phi) is 4.19. The van der Waals surface area contributed by atoms with Gasteiger partial charge in [-0.15, -0.1) is 0 Å². The third-order valence-corrected chi connectivity index (χ3v) is 3.87. The second kappa shape index (κ2) is 5.65. The van der Waals surface area contributed by atoms with E-state index in [0.717, 1.165) is 11.5 Å². The highest BCUT2D eigenvalue weighted by Gasteiger charge is 2.04. The summed E-state index contributed by atoms with van der Waals surface area (Å²) in [6, 6.07) is 13.3. The summed E-state index contributed by atoms with van der Waals surface area (Å²) < 4.78 is 0. The van der Waals surface area contributed by atoms with E-state index in [4.69, 9.17) is 0 Å². The highest BCUT2D eigenvalue weighted by molar-refractivity contribution is 7.98. The molecule has 0 aliphatic heterocycles.